The van der Waals surface area contributed by atoms with Crippen LogP contribution in [-0.2, 0) is 0 Å². The zero-order chi connectivity index (χ0) is 14.8. The van der Waals surface area contributed by atoms with Crippen molar-refractivity contribution in [3.8, 4) is 5.75 Å². The lowest BCUT2D eigenvalue weighted by Gasteiger charge is -2.39. The van der Waals surface area contributed by atoms with Gasteiger partial charge in [-0.25, -0.2) is 0 Å². The molecule has 1 N–H and O–H groups in total. The summed E-state index contributed by atoms with van der Waals surface area (Å²) < 4.78 is 29.4. The second kappa shape index (κ2) is 5.98. The summed E-state index contributed by atoms with van der Waals surface area (Å²) in [4.78, 5) is 0. The molecule has 2 atom stereocenters. The number of halogens is 2. The number of benzene rings is 1. The summed E-state index contributed by atoms with van der Waals surface area (Å²) in [5.74, 6) is 0.859. The maximum absolute atomic E-state index is 12.4. The molecular weight excluding hydrogens is 260 g/mol. The van der Waals surface area contributed by atoms with E-state index in [-0.39, 0.29) is 11.2 Å². The minimum absolute atomic E-state index is 0.221. The third kappa shape index (κ3) is 4.09. The Morgan fingerprint density at radius 1 is 1.25 bits per heavy atom. The van der Waals surface area contributed by atoms with Crippen molar-refractivity contribution < 1.29 is 13.5 Å². The molecule has 0 radical (unpaired) electrons. The minimum atomic E-state index is -2.79. The number of anilines is 1. The van der Waals surface area contributed by atoms with Crippen molar-refractivity contribution in [1.82, 2.24) is 0 Å². The minimum Gasteiger partial charge on any atom is -0.433 e. The van der Waals surface area contributed by atoms with Crippen molar-refractivity contribution in [1.29, 1.82) is 0 Å². The van der Waals surface area contributed by atoms with E-state index in [0.29, 0.717) is 17.6 Å². The Morgan fingerprint density at radius 2 is 1.95 bits per heavy atom. The van der Waals surface area contributed by atoms with E-state index < -0.39 is 6.61 Å². The molecule has 1 aromatic carbocycles. The fraction of sp³-hybridized carbons (Fsp3) is 0.625. The van der Waals surface area contributed by atoms with Crippen LogP contribution in [0.1, 0.15) is 40.0 Å². The molecule has 1 aliphatic rings. The fourth-order valence-electron chi connectivity index (χ4n) is 3.46. The second-order valence-corrected chi connectivity index (χ2v) is 6.63. The van der Waals surface area contributed by atoms with Gasteiger partial charge >= 0.3 is 6.61 Å². The predicted octanol–water partition coefficient (Wildman–Crippen LogP) is 4.91. The molecule has 1 saturated carbocycles. The van der Waals surface area contributed by atoms with Crippen LogP contribution in [0, 0.1) is 11.3 Å². The summed E-state index contributed by atoms with van der Waals surface area (Å²) in [7, 11) is 0. The van der Waals surface area contributed by atoms with Crippen LogP contribution >= 0.6 is 0 Å². The Labute approximate surface area is 119 Å². The number of para-hydroxylation sites is 2. The monoisotopic (exact) mass is 283 g/mol. The van der Waals surface area contributed by atoms with Gasteiger partial charge in [0.2, 0.25) is 0 Å². The lowest BCUT2D eigenvalue weighted by atomic mass is 9.70. The summed E-state index contributed by atoms with van der Waals surface area (Å²) in [5, 5.41) is 3.38. The topological polar surface area (TPSA) is 21.3 Å². The standard InChI is InChI=1S/C16H23F2NO/c1-11-8-12(10-16(2,3)9-11)19-13-6-4-5-7-14(13)20-15(17)18/h4-7,11-12,15,19H,8-10H2,1-3H3. The summed E-state index contributed by atoms with van der Waals surface area (Å²) in [6.45, 7) is 3.98. The van der Waals surface area contributed by atoms with Gasteiger partial charge in [-0.05, 0) is 42.7 Å². The Morgan fingerprint density at radius 3 is 2.60 bits per heavy atom. The summed E-state index contributed by atoms with van der Waals surface area (Å²) in [6.07, 6.45) is 3.31. The van der Waals surface area contributed by atoms with Crippen LogP contribution in [0.15, 0.2) is 24.3 Å². The van der Waals surface area contributed by atoms with E-state index in [0.717, 1.165) is 12.8 Å². The van der Waals surface area contributed by atoms with Crippen LogP contribution in [0.25, 0.3) is 0 Å². The molecule has 0 aliphatic heterocycles. The van der Waals surface area contributed by atoms with Crippen molar-refractivity contribution in [2.24, 2.45) is 11.3 Å². The molecule has 0 spiro atoms. The summed E-state index contributed by atoms with van der Waals surface area (Å²) in [5.41, 5.74) is 0.941. The zero-order valence-electron chi connectivity index (χ0n) is 12.3. The quantitative estimate of drug-likeness (QED) is 0.847. The molecule has 2 nitrogen and oxygen atoms in total. The number of rotatable bonds is 4. The third-order valence-electron chi connectivity index (χ3n) is 3.85. The lowest BCUT2D eigenvalue weighted by molar-refractivity contribution is -0.0494. The SMILES string of the molecule is CC1CC(Nc2ccccc2OC(F)F)CC(C)(C)C1. The van der Waals surface area contributed by atoms with Gasteiger partial charge in [0.15, 0.2) is 0 Å². The van der Waals surface area contributed by atoms with Crippen LogP contribution < -0.4 is 10.1 Å². The summed E-state index contributed by atoms with van der Waals surface area (Å²) in [6, 6.07) is 7.21. The van der Waals surface area contributed by atoms with Crippen LogP contribution in [-0.4, -0.2) is 12.7 Å². The van der Waals surface area contributed by atoms with Crippen molar-refractivity contribution >= 4 is 5.69 Å². The molecule has 0 aromatic heterocycles. The van der Waals surface area contributed by atoms with Gasteiger partial charge < -0.3 is 10.1 Å². The van der Waals surface area contributed by atoms with E-state index in [1.165, 1.54) is 6.42 Å². The van der Waals surface area contributed by atoms with Gasteiger partial charge in [-0.3, -0.25) is 0 Å². The van der Waals surface area contributed by atoms with E-state index >= 15 is 0 Å². The van der Waals surface area contributed by atoms with Crippen LogP contribution in [0.4, 0.5) is 14.5 Å². The first-order valence-corrected chi connectivity index (χ1v) is 7.16. The van der Waals surface area contributed by atoms with Crippen molar-refractivity contribution in [3.05, 3.63) is 24.3 Å². The van der Waals surface area contributed by atoms with Gasteiger partial charge in [-0.15, -0.1) is 0 Å². The molecule has 2 rings (SSSR count). The molecule has 1 aromatic rings. The van der Waals surface area contributed by atoms with Crippen molar-refractivity contribution in [2.45, 2.75) is 52.7 Å². The lowest BCUT2D eigenvalue weighted by Crippen LogP contribution is -2.35. The highest BCUT2D eigenvalue weighted by molar-refractivity contribution is 5.56. The zero-order valence-corrected chi connectivity index (χ0v) is 12.3. The molecule has 0 amide bonds. The molecule has 0 saturated heterocycles. The van der Waals surface area contributed by atoms with Gasteiger partial charge in [0, 0.05) is 6.04 Å². The Bertz CT molecular complexity index is 448. The number of nitrogens with one attached hydrogen (secondary N) is 1. The maximum Gasteiger partial charge on any atom is 0.387 e. The Balaban J connectivity index is 2.09. The van der Waals surface area contributed by atoms with Gasteiger partial charge in [0.25, 0.3) is 0 Å². The predicted molar refractivity (Wildman–Crippen MR) is 77.3 cm³/mol. The van der Waals surface area contributed by atoms with Crippen LogP contribution in [0.3, 0.4) is 0 Å². The molecule has 20 heavy (non-hydrogen) atoms. The number of hydrogen-bond acceptors (Lipinski definition) is 2. The normalized spacial score (nSPS) is 25.5. The van der Waals surface area contributed by atoms with E-state index in [1.54, 1.807) is 18.2 Å². The van der Waals surface area contributed by atoms with E-state index in [9.17, 15) is 8.78 Å². The van der Waals surface area contributed by atoms with Crippen LogP contribution in [0.2, 0.25) is 0 Å². The van der Waals surface area contributed by atoms with E-state index in [1.807, 2.05) is 6.07 Å². The molecule has 1 fully saturated rings. The average Bonchev–Trinajstić information content (AvgIpc) is 2.28. The van der Waals surface area contributed by atoms with Crippen molar-refractivity contribution in [3.63, 3.8) is 0 Å². The summed E-state index contributed by atoms with van der Waals surface area (Å²) >= 11 is 0. The molecule has 1 aliphatic carbocycles. The Kier molecular flexibility index (Phi) is 4.51. The van der Waals surface area contributed by atoms with Crippen LogP contribution in [0.5, 0.6) is 5.75 Å². The fourth-order valence-corrected chi connectivity index (χ4v) is 3.46. The smallest absolute Gasteiger partial charge is 0.387 e. The first-order valence-electron chi connectivity index (χ1n) is 7.16. The van der Waals surface area contributed by atoms with Gasteiger partial charge in [-0.2, -0.15) is 8.78 Å². The molecule has 4 heteroatoms. The third-order valence-corrected chi connectivity index (χ3v) is 3.85. The average molecular weight is 283 g/mol. The molecule has 112 valence electrons. The van der Waals surface area contributed by atoms with Gasteiger partial charge in [0.05, 0.1) is 5.69 Å². The van der Waals surface area contributed by atoms with E-state index in [2.05, 4.69) is 30.8 Å². The number of hydrogen-bond donors (Lipinski definition) is 1. The maximum atomic E-state index is 12.4. The highest BCUT2D eigenvalue weighted by Crippen LogP contribution is 2.40. The van der Waals surface area contributed by atoms with Gasteiger partial charge in [0.1, 0.15) is 5.75 Å². The Hall–Kier alpha value is -1.32. The first kappa shape index (κ1) is 15.1. The number of alkyl halides is 2. The molecule has 0 bridgehead atoms. The highest BCUT2D eigenvalue weighted by atomic mass is 19.3. The van der Waals surface area contributed by atoms with E-state index in [4.69, 9.17) is 0 Å². The highest BCUT2D eigenvalue weighted by Gasteiger charge is 2.32. The first-order chi connectivity index (χ1) is 9.35. The largest absolute Gasteiger partial charge is 0.433 e. The molecule has 2 unspecified atom stereocenters. The number of ether oxygens (including phenoxy) is 1. The second-order valence-electron chi connectivity index (χ2n) is 6.63. The van der Waals surface area contributed by atoms with Gasteiger partial charge in [-0.1, -0.05) is 32.9 Å². The molecular formula is C16H23F2NO. The molecule has 0 heterocycles. The van der Waals surface area contributed by atoms with Crippen molar-refractivity contribution in [2.75, 3.05) is 5.32 Å².